The smallest absolute Gasteiger partial charge is 0.335 e. The van der Waals surface area contributed by atoms with Crippen molar-refractivity contribution < 1.29 is 23.1 Å². The quantitative estimate of drug-likeness (QED) is 0.650. The average molecular weight is 370 g/mol. The number of nitrogens with two attached hydrogens (primary N) is 1. The highest BCUT2D eigenvalue weighted by Gasteiger charge is 2.11. The maximum Gasteiger partial charge on any atom is 0.335 e. The first kappa shape index (κ1) is 17.6. The number of rotatable bonds is 4. The van der Waals surface area contributed by atoms with Gasteiger partial charge in [0, 0.05) is 11.3 Å². The standard InChI is InChI=1S/C18H14N2O5S/c19-26(24,25)16-7-5-15(6-8-16)20-17(21)13-3-1-12-10-14(18(22)23)4-2-11(12)9-13/h1-10H,(H,20,21)(H,22,23)(H2,19,24,25). The van der Waals surface area contributed by atoms with Crippen LogP contribution < -0.4 is 10.5 Å². The van der Waals surface area contributed by atoms with Crippen LogP contribution in [0.4, 0.5) is 5.69 Å². The fourth-order valence-corrected chi connectivity index (χ4v) is 2.97. The van der Waals surface area contributed by atoms with E-state index in [2.05, 4.69) is 5.32 Å². The van der Waals surface area contributed by atoms with E-state index in [9.17, 15) is 18.0 Å². The molecule has 4 N–H and O–H groups in total. The number of aromatic carboxylic acids is 1. The van der Waals surface area contributed by atoms with Crippen molar-refractivity contribution >= 4 is 38.4 Å². The van der Waals surface area contributed by atoms with Crippen LogP contribution in [0.5, 0.6) is 0 Å². The van der Waals surface area contributed by atoms with Gasteiger partial charge in [0.05, 0.1) is 10.5 Å². The van der Waals surface area contributed by atoms with E-state index in [0.717, 1.165) is 5.39 Å². The largest absolute Gasteiger partial charge is 0.478 e. The van der Waals surface area contributed by atoms with E-state index in [1.807, 2.05) is 0 Å². The van der Waals surface area contributed by atoms with Gasteiger partial charge in [-0.1, -0.05) is 12.1 Å². The second-order valence-electron chi connectivity index (χ2n) is 5.61. The molecule has 0 spiro atoms. The van der Waals surface area contributed by atoms with Gasteiger partial charge in [-0.2, -0.15) is 0 Å². The molecule has 0 saturated heterocycles. The van der Waals surface area contributed by atoms with Crippen molar-refractivity contribution in [3.63, 3.8) is 0 Å². The Bertz CT molecular complexity index is 1120. The lowest BCUT2D eigenvalue weighted by molar-refractivity contribution is 0.0696. The Labute approximate surface area is 149 Å². The Morgan fingerprint density at radius 2 is 1.38 bits per heavy atom. The predicted octanol–water partition coefficient (Wildman–Crippen LogP) is 2.44. The fourth-order valence-electron chi connectivity index (χ4n) is 2.45. The Morgan fingerprint density at radius 1 is 0.846 bits per heavy atom. The normalized spacial score (nSPS) is 11.3. The van der Waals surface area contributed by atoms with Crippen LogP contribution in [0.1, 0.15) is 20.7 Å². The predicted molar refractivity (Wildman–Crippen MR) is 96.7 cm³/mol. The van der Waals surface area contributed by atoms with Gasteiger partial charge in [0.2, 0.25) is 10.0 Å². The molecule has 132 valence electrons. The maximum absolute atomic E-state index is 12.4. The third-order valence-corrected chi connectivity index (χ3v) is 4.72. The highest BCUT2D eigenvalue weighted by atomic mass is 32.2. The summed E-state index contributed by atoms with van der Waals surface area (Å²) in [5.74, 6) is -1.39. The summed E-state index contributed by atoms with van der Waals surface area (Å²) in [7, 11) is -3.79. The molecule has 0 aromatic heterocycles. The van der Waals surface area contributed by atoms with Crippen LogP contribution in [0.25, 0.3) is 10.8 Å². The van der Waals surface area contributed by atoms with Crippen molar-refractivity contribution in [1.82, 2.24) is 0 Å². The molecule has 0 fully saturated rings. The van der Waals surface area contributed by atoms with Crippen molar-refractivity contribution in [3.05, 3.63) is 71.8 Å². The minimum absolute atomic E-state index is 0.0459. The highest BCUT2D eigenvalue weighted by Crippen LogP contribution is 2.20. The molecule has 0 radical (unpaired) electrons. The van der Waals surface area contributed by atoms with Gasteiger partial charge in [-0.15, -0.1) is 0 Å². The first-order valence-corrected chi connectivity index (χ1v) is 9.00. The minimum Gasteiger partial charge on any atom is -0.478 e. The van der Waals surface area contributed by atoms with E-state index in [1.54, 1.807) is 24.3 Å². The summed E-state index contributed by atoms with van der Waals surface area (Å²) < 4.78 is 22.5. The van der Waals surface area contributed by atoms with Crippen LogP contribution in [0, 0.1) is 0 Å². The molecule has 1 amide bonds. The van der Waals surface area contributed by atoms with Crippen LogP contribution in [-0.4, -0.2) is 25.4 Å². The number of sulfonamides is 1. The Balaban J connectivity index is 1.83. The number of benzene rings is 3. The molecule has 3 aromatic carbocycles. The monoisotopic (exact) mass is 370 g/mol. The van der Waals surface area contributed by atoms with Crippen LogP contribution in [0.3, 0.4) is 0 Å². The Hall–Kier alpha value is -3.23. The van der Waals surface area contributed by atoms with Crippen molar-refractivity contribution in [2.45, 2.75) is 4.90 Å². The van der Waals surface area contributed by atoms with Crippen molar-refractivity contribution in [3.8, 4) is 0 Å². The summed E-state index contributed by atoms with van der Waals surface area (Å²) in [5, 5.41) is 18.1. The number of primary sulfonamides is 1. The summed E-state index contributed by atoms with van der Waals surface area (Å²) in [5.41, 5.74) is 0.976. The number of carbonyl (C=O) groups is 2. The molecular formula is C18H14N2O5S. The lowest BCUT2D eigenvalue weighted by Gasteiger charge is -2.07. The summed E-state index contributed by atoms with van der Waals surface area (Å²) >= 11 is 0. The number of anilines is 1. The molecule has 8 heteroatoms. The fraction of sp³-hybridized carbons (Fsp3) is 0. The molecule has 0 atom stereocenters. The van der Waals surface area contributed by atoms with E-state index in [0.29, 0.717) is 16.6 Å². The second kappa shape index (κ2) is 6.58. The lowest BCUT2D eigenvalue weighted by Crippen LogP contribution is -2.13. The molecule has 26 heavy (non-hydrogen) atoms. The number of hydrogen-bond donors (Lipinski definition) is 3. The summed E-state index contributed by atoms with van der Waals surface area (Å²) in [4.78, 5) is 23.3. The second-order valence-corrected chi connectivity index (χ2v) is 7.17. The van der Waals surface area contributed by atoms with Crippen LogP contribution in [-0.2, 0) is 10.0 Å². The van der Waals surface area contributed by atoms with Gasteiger partial charge in [0.1, 0.15) is 0 Å². The van der Waals surface area contributed by atoms with Gasteiger partial charge < -0.3 is 10.4 Å². The zero-order valence-electron chi connectivity index (χ0n) is 13.3. The number of hydrogen-bond acceptors (Lipinski definition) is 4. The molecule has 7 nitrogen and oxygen atoms in total. The first-order chi connectivity index (χ1) is 12.2. The number of amides is 1. The minimum atomic E-state index is -3.79. The van der Waals surface area contributed by atoms with Gasteiger partial charge in [-0.25, -0.2) is 18.4 Å². The summed E-state index contributed by atoms with van der Waals surface area (Å²) in [6.07, 6.45) is 0. The van der Waals surface area contributed by atoms with E-state index in [1.165, 1.54) is 36.4 Å². The zero-order valence-corrected chi connectivity index (χ0v) is 14.2. The van der Waals surface area contributed by atoms with E-state index < -0.39 is 16.0 Å². The number of carbonyl (C=O) groups excluding carboxylic acids is 1. The molecule has 0 aliphatic carbocycles. The molecular weight excluding hydrogens is 356 g/mol. The SMILES string of the molecule is NS(=O)(=O)c1ccc(NC(=O)c2ccc3cc(C(=O)O)ccc3c2)cc1. The van der Waals surface area contributed by atoms with Crippen LogP contribution >= 0.6 is 0 Å². The molecule has 0 aliphatic heterocycles. The van der Waals surface area contributed by atoms with Gasteiger partial charge >= 0.3 is 5.97 Å². The van der Waals surface area contributed by atoms with Gasteiger partial charge in [0.15, 0.2) is 0 Å². The number of fused-ring (bicyclic) bond motifs is 1. The van der Waals surface area contributed by atoms with Crippen LogP contribution in [0.2, 0.25) is 0 Å². The van der Waals surface area contributed by atoms with Gasteiger partial charge in [0.25, 0.3) is 5.91 Å². The third-order valence-electron chi connectivity index (χ3n) is 3.79. The maximum atomic E-state index is 12.4. The van der Waals surface area contributed by atoms with Gasteiger partial charge in [-0.05, 0) is 59.3 Å². The molecule has 3 aromatic rings. The van der Waals surface area contributed by atoms with Gasteiger partial charge in [-0.3, -0.25) is 4.79 Å². The van der Waals surface area contributed by atoms with E-state index >= 15 is 0 Å². The molecule has 0 bridgehead atoms. The van der Waals surface area contributed by atoms with E-state index in [4.69, 9.17) is 10.2 Å². The van der Waals surface area contributed by atoms with E-state index in [-0.39, 0.29) is 16.4 Å². The zero-order chi connectivity index (χ0) is 18.9. The van der Waals surface area contributed by atoms with Crippen molar-refractivity contribution in [2.24, 2.45) is 5.14 Å². The number of nitrogens with one attached hydrogen (secondary N) is 1. The highest BCUT2D eigenvalue weighted by molar-refractivity contribution is 7.89. The molecule has 0 heterocycles. The Kier molecular flexibility index (Phi) is 4.45. The Morgan fingerprint density at radius 3 is 1.92 bits per heavy atom. The topological polar surface area (TPSA) is 127 Å². The molecule has 0 aliphatic rings. The lowest BCUT2D eigenvalue weighted by atomic mass is 10.0. The third kappa shape index (κ3) is 3.71. The summed E-state index contributed by atoms with van der Waals surface area (Å²) in [6, 6.07) is 15.0. The van der Waals surface area contributed by atoms with Crippen molar-refractivity contribution in [2.75, 3.05) is 5.32 Å². The molecule has 3 rings (SSSR count). The van der Waals surface area contributed by atoms with Crippen LogP contribution in [0.15, 0.2) is 65.6 Å². The summed E-state index contributed by atoms with van der Waals surface area (Å²) in [6.45, 7) is 0. The average Bonchev–Trinajstić information content (AvgIpc) is 2.60. The molecule has 0 unspecified atom stereocenters. The first-order valence-electron chi connectivity index (χ1n) is 7.45. The number of carboxylic acid groups (broad SMARTS) is 1. The number of carboxylic acids is 1. The van der Waals surface area contributed by atoms with Crippen molar-refractivity contribution in [1.29, 1.82) is 0 Å². The molecule has 0 saturated carbocycles.